The van der Waals surface area contributed by atoms with Crippen LogP contribution in [0.2, 0.25) is 0 Å². The Morgan fingerprint density at radius 2 is 2.10 bits per heavy atom. The predicted molar refractivity (Wildman–Crippen MR) is 76.7 cm³/mol. The van der Waals surface area contributed by atoms with Gasteiger partial charge in [-0.2, -0.15) is 0 Å². The molecule has 0 spiro atoms. The summed E-state index contributed by atoms with van der Waals surface area (Å²) in [5, 5.41) is 9.32. The van der Waals surface area contributed by atoms with Crippen LogP contribution in [0.3, 0.4) is 0 Å². The van der Waals surface area contributed by atoms with Gasteiger partial charge in [0.05, 0.1) is 12.3 Å². The van der Waals surface area contributed by atoms with E-state index in [2.05, 4.69) is 0 Å². The molecule has 0 unspecified atom stereocenters. The lowest BCUT2D eigenvalue weighted by Gasteiger charge is -2.15. The van der Waals surface area contributed by atoms with Crippen LogP contribution >= 0.6 is 11.3 Å². The van der Waals surface area contributed by atoms with Crippen LogP contribution in [0.1, 0.15) is 22.6 Å². The molecule has 1 aromatic heterocycles. The van der Waals surface area contributed by atoms with Crippen molar-refractivity contribution in [3.05, 3.63) is 21.9 Å². The number of carbonyl (C=O) groups is 2. The van der Waals surface area contributed by atoms with Crippen LogP contribution in [0.25, 0.3) is 0 Å². The standard InChI is InChI=1S/C15H19NO3S/c1-9-2-5-11(20-9)6-14(17)16-7-12(10-3-4-10)13(8-16)15(18)19/h2,5,10,12-13H,3-4,6-8H2,1H3,(H,18,19)/t12-,13+/m1/s1. The van der Waals surface area contributed by atoms with Gasteiger partial charge in [0.25, 0.3) is 0 Å². The molecule has 3 rings (SSSR count). The average Bonchev–Trinajstić information content (AvgIpc) is 3.00. The maximum Gasteiger partial charge on any atom is 0.308 e. The lowest BCUT2D eigenvalue weighted by molar-refractivity contribution is -0.142. The Hall–Kier alpha value is -1.36. The Bertz CT molecular complexity index is 535. The topological polar surface area (TPSA) is 57.6 Å². The number of carboxylic acids is 1. The molecule has 5 heteroatoms. The van der Waals surface area contributed by atoms with Crippen LogP contribution < -0.4 is 0 Å². The van der Waals surface area contributed by atoms with E-state index in [0.29, 0.717) is 25.4 Å². The van der Waals surface area contributed by atoms with Gasteiger partial charge in [-0.1, -0.05) is 0 Å². The van der Waals surface area contributed by atoms with Crippen LogP contribution in [0, 0.1) is 24.7 Å². The van der Waals surface area contributed by atoms with Gasteiger partial charge in [0.15, 0.2) is 0 Å². The molecular weight excluding hydrogens is 274 g/mol. The predicted octanol–water partition coefficient (Wildman–Crippen LogP) is 2.17. The van der Waals surface area contributed by atoms with E-state index in [4.69, 9.17) is 0 Å². The van der Waals surface area contributed by atoms with E-state index < -0.39 is 5.97 Å². The Morgan fingerprint density at radius 3 is 2.65 bits per heavy atom. The van der Waals surface area contributed by atoms with Gasteiger partial charge in [0.1, 0.15) is 0 Å². The highest BCUT2D eigenvalue weighted by Gasteiger charge is 2.46. The van der Waals surface area contributed by atoms with E-state index in [1.807, 2.05) is 19.1 Å². The highest BCUT2D eigenvalue weighted by Crippen LogP contribution is 2.44. The van der Waals surface area contributed by atoms with Crippen molar-refractivity contribution in [3.8, 4) is 0 Å². The molecule has 2 atom stereocenters. The minimum atomic E-state index is -0.746. The number of hydrogen-bond donors (Lipinski definition) is 1. The summed E-state index contributed by atoms with van der Waals surface area (Å²) in [6.45, 7) is 3.04. The molecule has 108 valence electrons. The largest absolute Gasteiger partial charge is 0.481 e. The van der Waals surface area contributed by atoms with Gasteiger partial charge in [-0.05, 0) is 43.7 Å². The highest BCUT2D eigenvalue weighted by molar-refractivity contribution is 7.12. The van der Waals surface area contributed by atoms with Crippen molar-refractivity contribution in [1.29, 1.82) is 0 Å². The normalized spacial score (nSPS) is 25.9. The third-order valence-electron chi connectivity index (χ3n) is 4.38. The molecule has 1 aliphatic heterocycles. The minimum Gasteiger partial charge on any atom is -0.481 e. The number of nitrogens with zero attached hydrogens (tertiary/aromatic N) is 1. The second-order valence-electron chi connectivity index (χ2n) is 5.93. The number of rotatable bonds is 4. The molecule has 1 saturated heterocycles. The Labute approximate surface area is 122 Å². The second kappa shape index (κ2) is 5.20. The number of aliphatic carboxylic acids is 1. The molecule has 1 aliphatic carbocycles. The minimum absolute atomic E-state index is 0.0706. The second-order valence-corrected chi connectivity index (χ2v) is 7.31. The number of carbonyl (C=O) groups excluding carboxylic acids is 1. The van der Waals surface area contributed by atoms with Gasteiger partial charge < -0.3 is 10.0 Å². The fourth-order valence-electron chi connectivity index (χ4n) is 3.14. The summed E-state index contributed by atoms with van der Waals surface area (Å²) in [5.74, 6) is -0.346. The van der Waals surface area contributed by atoms with Crippen LogP contribution in [0.15, 0.2) is 12.1 Å². The lowest BCUT2D eigenvalue weighted by Crippen LogP contribution is -2.31. The molecule has 2 aliphatic rings. The zero-order chi connectivity index (χ0) is 14.3. The van der Waals surface area contributed by atoms with E-state index in [9.17, 15) is 14.7 Å². The third kappa shape index (κ3) is 2.73. The molecule has 1 amide bonds. The Balaban J connectivity index is 1.65. The van der Waals surface area contributed by atoms with E-state index in [1.165, 1.54) is 4.88 Å². The maximum atomic E-state index is 12.3. The monoisotopic (exact) mass is 293 g/mol. The first-order valence-corrected chi connectivity index (χ1v) is 7.92. The summed E-state index contributed by atoms with van der Waals surface area (Å²) in [6.07, 6.45) is 2.66. The van der Waals surface area contributed by atoms with Crippen molar-refractivity contribution in [2.45, 2.75) is 26.2 Å². The van der Waals surface area contributed by atoms with E-state index >= 15 is 0 Å². The molecule has 0 bridgehead atoms. The van der Waals surface area contributed by atoms with Crippen LogP contribution in [-0.4, -0.2) is 35.0 Å². The first kappa shape index (κ1) is 13.6. The number of carboxylic acid groups (broad SMARTS) is 1. The number of aryl methyl sites for hydroxylation is 1. The quantitative estimate of drug-likeness (QED) is 0.925. The number of likely N-dealkylation sites (tertiary alicyclic amines) is 1. The summed E-state index contributed by atoms with van der Waals surface area (Å²) >= 11 is 1.64. The van der Waals surface area contributed by atoms with Gasteiger partial charge in [0.2, 0.25) is 5.91 Å². The summed E-state index contributed by atoms with van der Waals surface area (Å²) in [7, 11) is 0. The zero-order valence-electron chi connectivity index (χ0n) is 11.5. The summed E-state index contributed by atoms with van der Waals surface area (Å²) in [4.78, 5) is 27.7. The molecule has 2 fully saturated rings. The number of thiophene rings is 1. The molecule has 20 heavy (non-hydrogen) atoms. The number of amides is 1. The first-order chi connectivity index (χ1) is 9.54. The van der Waals surface area contributed by atoms with Crippen LogP contribution in [-0.2, 0) is 16.0 Å². The zero-order valence-corrected chi connectivity index (χ0v) is 12.4. The van der Waals surface area contributed by atoms with E-state index in [1.54, 1.807) is 16.2 Å². The van der Waals surface area contributed by atoms with E-state index in [-0.39, 0.29) is 17.7 Å². The molecule has 1 aromatic rings. The third-order valence-corrected chi connectivity index (χ3v) is 5.38. The molecule has 4 nitrogen and oxygen atoms in total. The fourth-order valence-corrected chi connectivity index (χ4v) is 4.02. The molecule has 0 radical (unpaired) electrons. The van der Waals surface area contributed by atoms with Gasteiger partial charge in [-0.3, -0.25) is 9.59 Å². The fraction of sp³-hybridized carbons (Fsp3) is 0.600. The summed E-state index contributed by atoms with van der Waals surface area (Å²) < 4.78 is 0. The molecular formula is C15H19NO3S. The van der Waals surface area contributed by atoms with Gasteiger partial charge in [-0.15, -0.1) is 11.3 Å². The smallest absolute Gasteiger partial charge is 0.308 e. The van der Waals surface area contributed by atoms with Gasteiger partial charge in [0, 0.05) is 22.8 Å². The lowest BCUT2D eigenvalue weighted by atomic mass is 9.92. The van der Waals surface area contributed by atoms with Crippen molar-refractivity contribution in [1.82, 2.24) is 4.90 Å². The average molecular weight is 293 g/mol. The first-order valence-electron chi connectivity index (χ1n) is 7.10. The molecule has 0 aromatic carbocycles. The van der Waals surface area contributed by atoms with Crippen LogP contribution in [0.5, 0.6) is 0 Å². The van der Waals surface area contributed by atoms with E-state index in [0.717, 1.165) is 17.7 Å². The highest BCUT2D eigenvalue weighted by atomic mass is 32.1. The SMILES string of the molecule is Cc1ccc(CC(=O)N2C[C@H](C(=O)O)[C@@H](C3CC3)C2)s1. The Kier molecular flexibility index (Phi) is 3.54. The van der Waals surface area contributed by atoms with Crippen LogP contribution in [0.4, 0.5) is 0 Å². The van der Waals surface area contributed by atoms with Crippen molar-refractivity contribution in [3.63, 3.8) is 0 Å². The maximum absolute atomic E-state index is 12.3. The van der Waals surface area contributed by atoms with Crippen molar-refractivity contribution < 1.29 is 14.7 Å². The molecule has 1 N–H and O–H groups in total. The summed E-state index contributed by atoms with van der Waals surface area (Å²) in [5.41, 5.74) is 0. The van der Waals surface area contributed by atoms with Gasteiger partial charge in [-0.25, -0.2) is 0 Å². The Morgan fingerprint density at radius 1 is 1.35 bits per heavy atom. The summed E-state index contributed by atoms with van der Waals surface area (Å²) in [6, 6.07) is 4.01. The van der Waals surface area contributed by atoms with Crippen molar-refractivity contribution >= 4 is 23.2 Å². The van der Waals surface area contributed by atoms with Crippen molar-refractivity contribution in [2.24, 2.45) is 17.8 Å². The molecule has 1 saturated carbocycles. The van der Waals surface area contributed by atoms with Crippen molar-refractivity contribution in [2.75, 3.05) is 13.1 Å². The molecule has 2 heterocycles. The number of hydrogen-bond acceptors (Lipinski definition) is 3. The van der Waals surface area contributed by atoms with Gasteiger partial charge >= 0.3 is 5.97 Å².